The molecule has 4 nitrogen and oxygen atoms in total. The van der Waals surface area contributed by atoms with Crippen molar-refractivity contribution in [1.82, 2.24) is 0 Å². The number of aromatic hydroxyl groups is 1. The molecule has 2 aromatic rings. The normalized spacial score (nSPS) is 9.68. The van der Waals surface area contributed by atoms with Gasteiger partial charge in [0.25, 0.3) is 0 Å². The molecule has 0 radical (unpaired) electrons. The van der Waals surface area contributed by atoms with Crippen LogP contribution >= 0.6 is 0 Å². The Bertz CT molecular complexity index is 618. The van der Waals surface area contributed by atoms with Crippen LogP contribution in [-0.2, 0) is 6.54 Å². The van der Waals surface area contributed by atoms with E-state index in [2.05, 4.69) is 11.4 Å². The van der Waals surface area contributed by atoms with Gasteiger partial charge in [-0.3, -0.25) is 0 Å². The van der Waals surface area contributed by atoms with E-state index in [1.807, 2.05) is 12.1 Å². The average molecular weight is 254 g/mol. The van der Waals surface area contributed by atoms with E-state index in [1.165, 1.54) is 0 Å². The number of phenolic OH excluding ortho intramolecular Hbond substituents is 1. The maximum Gasteiger partial charge on any atom is 0.143 e. The first-order valence-corrected chi connectivity index (χ1v) is 5.83. The minimum absolute atomic E-state index is 0.252. The number of hydrogen-bond acceptors (Lipinski definition) is 4. The minimum Gasteiger partial charge on any atom is -0.508 e. The van der Waals surface area contributed by atoms with E-state index in [0.29, 0.717) is 17.9 Å². The number of rotatable bonds is 4. The van der Waals surface area contributed by atoms with Crippen LogP contribution in [0.3, 0.4) is 0 Å². The van der Waals surface area contributed by atoms with E-state index in [9.17, 15) is 5.11 Å². The molecule has 4 heteroatoms. The van der Waals surface area contributed by atoms with Crippen molar-refractivity contribution in [1.29, 1.82) is 5.26 Å². The van der Waals surface area contributed by atoms with Crippen LogP contribution in [0.1, 0.15) is 11.1 Å². The number of ether oxygens (including phenoxy) is 1. The summed E-state index contributed by atoms with van der Waals surface area (Å²) in [6, 6.07) is 14.4. The molecule has 2 rings (SSSR count). The molecule has 0 aliphatic heterocycles. The van der Waals surface area contributed by atoms with Crippen LogP contribution in [0.15, 0.2) is 42.5 Å². The van der Waals surface area contributed by atoms with Crippen molar-refractivity contribution in [2.24, 2.45) is 0 Å². The van der Waals surface area contributed by atoms with Gasteiger partial charge in [0, 0.05) is 18.2 Å². The van der Waals surface area contributed by atoms with Gasteiger partial charge in [0.2, 0.25) is 0 Å². The van der Waals surface area contributed by atoms with Gasteiger partial charge >= 0.3 is 0 Å². The monoisotopic (exact) mass is 254 g/mol. The van der Waals surface area contributed by atoms with E-state index in [1.54, 1.807) is 37.4 Å². The Labute approximate surface area is 111 Å². The number of methoxy groups -OCH3 is 1. The molecule has 0 spiro atoms. The molecule has 0 aromatic heterocycles. The zero-order valence-corrected chi connectivity index (χ0v) is 10.6. The molecule has 19 heavy (non-hydrogen) atoms. The second kappa shape index (κ2) is 5.78. The van der Waals surface area contributed by atoms with Gasteiger partial charge in [-0.2, -0.15) is 5.26 Å². The van der Waals surface area contributed by atoms with Crippen molar-refractivity contribution in [2.45, 2.75) is 6.54 Å². The van der Waals surface area contributed by atoms with Gasteiger partial charge in [-0.1, -0.05) is 18.2 Å². The van der Waals surface area contributed by atoms with Crippen molar-refractivity contribution in [2.75, 3.05) is 12.4 Å². The highest BCUT2D eigenvalue weighted by Crippen LogP contribution is 2.26. The van der Waals surface area contributed by atoms with Crippen molar-refractivity contribution in [3.8, 4) is 17.6 Å². The van der Waals surface area contributed by atoms with Crippen LogP contribution in [0.2, 0.25) is 0 Å². The first-order chi connectivity index (χ1) is 9.24. The number of nitrogens with one attached hydrogen (secondary N) is 1. The molecule has 0 fully saturated rings. The maximum atomic E-state index is 9.68. The Balaban J connectivity index is 2.16. The third-order valence-corrected chi connectivity index (χ3v) is 2.79. The van der Waals surface area contributed by atoms with Gasteiger partial charge in [-0.05, 0) is 18.2 Å². The standard InChI is InChI=1S/C15H14N2O2/c1-19-15-8-11(9-16)6-7-13(15)17-10-12-4-2-3-5-14(12)18/h2-8,17-18H,10H2,1H3. The summed E-state index contributed by atoms with van der Waals surface area (Å²) in [7, 11) is 1.56. The summed E-state index contributed by atoms with van der Waals surface area (Å²) in [6.07, 6.45) is 0. The van der Waals surface area contributed by atoms with Gasteiger partial charge in [-0.25, -0.2) is 0 Å². The Morgan fingerprint density at radius 1 is 1.26 bits per heavy atom. The van der Waals surface area contributed by atoms with Crippen LogP contribution in [0, 0.1) is 11.3 Å². The second-order valence-corrected chi connectivity index (χ2v) is 4.01. The van der Waals surface area contributed by atoms with Crippen LogP contribution in [-0.4, -0.2) is 12.2 Å². The predicted octanol–water partition coefficient (Wildman–Crippen LogP) is 2.88. The van der Waals surface area contributed by atoms with Crippen LogP contribution in [0.25, 0.3) is 0 Å². The SMILES string of the molecule is COc1cc(C#N)ccc1NCc1ccccc1O. The molecule has 0 atom stereocenters. The highest BCUT2D eigenvalue weighted by Gasteiger charge is 2.05. The first kappa shape index (κ1) is 12.8. The van der Waals surface area contributed by atoms with Gasteiger partial charge < -0.3 is 15.2 Å². The van der Waals surface area contributed by atoms with Crippen LogP contribution in [0.5, 0.6) is 11.5 Å². The number of hydrogen-bond donors (Lipinski definition) is 2. The summed E-state index contributed by atoms with van der Waals surface area (Å²) in [4.78, 5) is 0. The molecule has 0 heterocycles. The molecule has 96 valence electrons. The average Bonchev–Trinajstić information content (AvgIpc) is 2.46. The second-order valence-electron chi connectivity index (χ2n) is 4.01. The number of nitriles is 1. The Hall–Kier alpha value is -2.67. The summed E-state index contributed by atoms with van der Waals surface area (Å²) < 4.78 is 5.23. The third kappa shape index (κ3) is 2.96. The predicted molar refractivity (Wildman–Crippen MR) is 73.1 cm³/mol. The molecule has 0 aliphatic rings. The lowest BCUT2D eigenvalue weighted by Gasteiger charge is -2.12. The van der Waals surface area contributed by atoms with E-state index in [-0.39, 0.29) is 5.75 Å². The van der Waals surface area contributed by atoms with E-state index in [0.717, 1.165) is 11.3 Å². The molecule has 0 amide bonds. The minimum atomic E-state index is 0.252. The summed E-state index contributed by atoms with van der Waals surface area (Å²) in [6.45, 7) is 0.481. The first-order valence-electron chi connectivity index (χ1n) is 5.83. The fraction of sp³-hybridized carbons (Fsp3) is 0.133. The molecule has 0 aliphatic carbocycles. The topological polar surface area (TPSA) is 65.3 Å². The van der Waals surface area contributed by atoms with E-state index < -0.39 is 0 Å². The maximum absolute atomic E-state index is 9.68. The zero-order valence-electron chi connectivity index (χ0n) is 10.6. The van der Waals surface area contributed by atoms with Crippen LogP contribution < -0.4 is 10.1 Å². The molecular weight excluding hydrogens is 240 g/mol. The number of phenols is 1. The lowest BCUT2D eigenvalue weighted by molar-refractivity contribution is 0.416. The number of nitrogens with zero attached hydrogens (tertiary/aromatic N) is 1. The zero-order chi connectivity index (χ0) is 13.7. The largest absolute Gasteiger partial charge is 0.508 e. The van der Waals surface area contributed by atoms with Crippen molar-refractivity contribution in [3.63, 3.8) is 0 Å². The molecule has 0 saturated carbocycles. The molecule has 0 bridgehead atoms. The van der Waals surface area contributed by atoms with Crippen molar-refractivity contribution < 1.29 is 9.84 Å². The quantitative estimate of drug-likeness (QED) is 0.880. The molecule has 0 saturated heterocycles. The fourth-order valence-electron chi connectivity index (χ4n) is 1.76. The summed E-state index contributed by atoms with van der Waals surface area (Å²) in [5.74, 6) is 0.858. The van der Waals surface area contributed by atoms with Gasteiger partial charge in [-0.15, -0.1) is 0 Å². The van der Waals surface area contributed by atoms with Gasteiger partial charge in [0.15, 0.2) is 0 Å². The Morgan fingerprint density at radius 2 is 2.05 bits per heavy atom. The smallest absolute Gasteiger partial charge is 0.143 e. The van der Waals surface area contributed by atoms with Crippen molar-refractivity contribution >= 4 is 5.69 Å². The third-order valence-electron chi connectivity index (χ3n) is 2.79. The molecule has 0 unspecified atom stereocenters. The highest BCUT2D eigenvalue weighted by atomic mass is 16.5. The number of benzene rings is 2. The summed E-state index contributed by atoms with van der Waals surface area (Å²) in [5, 5.41) is 21.7. The summed E-state index contributed by atoms with van der Waals surface area (Å²) >= 11 is 0. The lowest BCUT2D eigenvalue weighted by Crippen LogP contribution is -2.01. The highest BCUT2D eigenvalue weighted by molar-refractivity contribution is 5.59. The fourth-order valence-corrected chi connectivity index (χ4v) is 1.76. The van der Waals surface area contributed by atoms with Gasteiger partial charge in [0.1, 0.15) is 11.5 Å². The number of para-hydroxylation sites is 1. The van der Waals surface area contributed by atoms with Crippen LogP contribution in [0.4, 0.5) is 5.69 Å². The van der Waals surface area contributed by atoms with Gasteiger partial charge in [0.05, 0.1) is 24.4 Å². The molecule has 2 N–H and O–H groups in total. The molecule has 2 aromatic carbocycles. The molecular formula is C15H14N2O2. The van der Waals surface area contributed by atoms with Crippen molar-refractivity contribution in [3.05, 3.63) is 53.6 Å². The Kier molecular flexibility index (Phi) is 3.89. The Morgan fingerprint density at radius 3 is 2.74 bits per heavy atom. The summed E-state index contributed by atoms with van der Waals surface area (Å²) in [5.41, 5.74) is 2.13. The van der Waals surface area contributed by atoms with E-state index >= 15 is 0 Å². The lowest BCUT2D eigenvalue weighted by atomic mass is 10.1. The number of anilines is 1. The van der Waals surface area contributed by atoms with E-state index in [4.69, 9.17) is 10.00 Å².